The van der Waals surface area contributed by atoms with Gasteiger partial charge in [-0.3, -0.25) is 9.79 Å². The molecule has 0 aromatic heterocycles. The van der Waals surface area contributed by atoms with Gasteiger partial charge in [0.15, 0.2) is 5.96 Å². The molecule has 0 bridgehead atoms. The average Bonchev–Trinajstić information content (AvgIpc) is 2.78. The molecule has 6 nitrogen and oxygen atoms in total. The second kappa shape index (κ2) is 14.1. The maximum atomic E-state index is 12.9. The molecule has 0 saturated heterocycles. The van der Waals surface area contributed by atoms with Gasteiger partial charge >= 0.3 is 0 Å². The highest BCUT2D eigenvalue weighted by Crippen LogP contribution is 2.15. The van der Waals surface area contributed by atoms with Crippen LogP contribution >= 0.6 is 0 Å². The SMILES string of the molecule is CCNC(=NCCCOC(C)c1ccccc1)NCCNC(=O)Cc1ccc(F)cc1. The summed E-state index contributed by atoms with van der Waals surface area (Å²) < 4.78 is 18.8. The summed E-state index contributed by atoms with van der Waals surface area (Å²) in [5.41, 5.74) is 1.95. The van der Waals surface area contributed by atoms with Gasteiger partial charge < -0.3 is 20.7 Å². The molecule has 3 N–H and O–H groups in total. The zero-order valence-electron chi connectivity index (χ0n) is 18.4. The molecule has 0 fully saturated rings. The Balaban J connectivity index is 1.61. The van der Waals surface area contributed by atoms with E-state index in [0.29, 0.717) is 32.2 Å². The van der Waals surface area contributed by atoms with E-state index in [-0.39, 0.29) is 24.2 Å². The number of hydrogen-bond donors (Lipinski definition) is 3. The molecule has 2 aromatic carbocycles. The molecule has 31 heavy (non-hydrogen) atoms. The van der Waals surface area contributed by atoms with Crippen LogP contribution in [-0.2, 0) is 16.0 Å². The summed E-state index contributed by atoms with van der Waals surface area (Å²) in [5, 5.41) is 9.25. The number of benzene rings is 2. The number of aliphatic imine (C=N–C) groups is 1. The summed E-state index contributed by atoms with van der Waals surface area (Å²) in [7, 11) is 0. The second-order valence-corrected chi connectivity index (χ2v) is 7.12. The molecule has 7 heteroatoms. The van der Waals surface area contributed by atoms with Crippen molar-refractivity contribution < 1.29 is 13.9 Å². The zero-order valence-corrected chi connectivity index (χ0v) is 18.4. The van der Waals surface area contributed by atoms with E-state index in [4.69, 9.17) is 4.74 Å². The standard InChI is InChI=1S/C24H33FN4O2/c1-3-26-24(28-14-7-17-31-19(2)21-8-5-4-6-9-21)29-16-15-27-23(30)18-20-10-12-22(25)13-11-20/h4-6,8-13,19H,3,7,14-18H2,1-2H3,(H,27,30)(H2,26,28,29). The highest BCUT2D eigenvalue weighted by atomic mass is 19.1. The first-order valence-corrected chi connectivity index (χ1v) is 10.8. The molecular formula is C24H33FN4O2. The third-order valence-electron chi connectivity index (χ3n) is 4.57. The minimum atomic E-state index is -0.305. The Morgan fingerprint density at radius 1 is 1.03 bits per heavy atom. The Kier molecular flexibility index (Phi) is 11.1. The van der Waals surface area contributed by atoms with Crippen molar-refractivity contribution in [3.05, 3.63) is 71.5 Å². The fourth-order valence-corrected chi connectivity index (χ4v) is 2.91. The highest BCUT2D eigenvalue weighted by molar-refractivity contribution is 5.80. The molecule has 1 amide bonds. The average molecular weight is 429 g/mol. The van der Waals surface area contributed by atoms with Gasteiger partial charge in [-0.25, -0.2) is 4.39 Å². The minimum Gasteiger partial charge on any atom is -0.374 e. The molecule has 168 valence electrons. The minimum absolute atomic E-state index is 0.0649. The summed E-state index contributed by atoms with van der Waals surface area (Å²) in [6, 6.07) is 16.1. The smallest absolute Gasteiger partial charge is 0.224 e. The van der Waals surface area contributed by atoms with Crippen molar-refractivity contribution in [3.63, 3.8) is 0 Å². The van der Waals surface area contributed by atoms with Gasteiger partial charge in [-0.15, -0.1) is 0 Å². The largest absolute Gasteiger partial charge is 0.374 e. The summed E-state index contributed by atoms with van der Waals surface area (Å²) in [6.07, 6.45) is 1.12. The van der Waals surface area contributed by atoms with Crippen molar-refractivity contribution in [3.8, 4) is 0 Å². The lowest BCUT2D eigenvalue weighted by atomic mass is 10.1. The van der Waals surface area contributed by atoms with E-state index < -0.39 is 0 Å². The van der Waals surface area contributed by atoms with E-state index in [1.54, 1.807) is 12.1 Å². The molecule has 1 unspecified atom stereocenters. The van der Waals surface area contributed by atoms with Crippen molar-refractivity contribution in [1.29, 1.82) is 0 Å². The van der Waals surface area contributed by atoms with E-state index in [9.17, 15) is 9.18 Å². The van der Waals surface area contributed by atoms with Crippen molar-refractivity contribution in [2.45, 2.75) is 32.8 Å². The van der Waals surface area contributed by atoms with Gasteiger partial charge in [0.05, 0.1) is 12.5 Å². The van der Waals surface area contributed by atoms with Gasteiger partial charge in [0, 0.05) is 32.8 Å². The molecule has 0 heterocycles. The fraction of sp³-hybridized carbons (Fsp3) is 0.417. The molecule has 0 aliphatic carbocycles. The predicted molar refractivity (Wildman–Crippen MR) is 123 cm³/mol. The Hall–Kier alpha value is -2.93. The maximum Gasteiger partial charge on any atom is 0.224 e. The Morgan fingerprint density at radius 2 is 1.74 bits per heavy atom. The van der Waals surface area contributed by atoms with Crippen LogP contribution < -0.4 is 16.0 Å². The normalized spacial score (nSPS) is 12.3. The van der Waals surface area contributed by atoms with Gasteiger partial charge in [-0.05, 0) is 43.5 Å². The maximum absolute atomic E-state index is 12.9. The first-order chi connectivity index (χ1) is 15.1. The lowest BCUT2D eigenvalue weighted by molar-refractivity contribution is -0.120. The van der Waals surface area contributed by atoms with Crippen molar-refractivity contribution >= 4 is 11.9 Å². The third-order valence-corrected chi connectivity index (χ3v) is 4.57. The van der Waals surface area contributed by atoms with E-state index in [1.807, 2.05) is 25.1 Å². The summed E-state index contributed by atoms with van der Waals surface area (Å²) in [4.78, 5) is 16.5. The molecule has 0 aliphatic heterocycles. The molecule has 1 atom stereocenters. The third kappa shape index (κ3) is 10.1. The van der Waals surface area contributed by atoms with E-state index in [2.05, 4.69) is 40.0 Å². The lowest BCUT2D eigenvalue weighted by Crippen LogP contribution is -2.41. The van der Waals surface area contributed by atoms with Crippen LogP contribution in [0.5, 0.6) is 0 Å². The molecule has 0 aliphatic rings. The van der Waals surface area contributed by atoms with Crippen LogP contribution in [0.4, 0.5) is 4.39 Å². The van der Waals surface area contributed by atoms with Crippen LogP contribution in [0.15, 0.2) is 59.6 Å². The Morgan fingerprint density at radius 3 is 2.45 bits per heavy atom. The van der Waals surface area contributed by atoms with Crippen LogP contribution in [0, 0.1) is 5.82 Å². The molecule has 0 spiro atoms. The quantitative estimate of drug-likeness (QED) is 0.276. The molecule has 0 saturated carbocycles. The highest BCUT2D eigenvalue weighted by Gasteiger charge is 2.05. The number of ether oxygens (including phenoxy) is 1. The monoisotopic (exact) mass is 428 g/mol. The van der Waals surface area contributed by atoms with Crippen molar-refractivity contribution in [2.24, 2.45) is 4.99 Å². The van der Waals surface area contributed by atoms with Crippen LogP contribution in [0.3, 0.4) is 0 Å². The number of carbonyl (C=O) groups is 1. The number of rotatable bonds is 12. The van der Waals surface area contributed by atoms with Crippen LogP contribution in [0.2, 0.25) is 0 Å². The van der Waals surface area contributed by atoms with E-state index >= 15 is 0 Å². The topological polar surface area (TPSA) is 74.8 Å². The number of nitrogens with one attached hydrogen (secondary N) is 3. The number of carbonyl (C=O) groups excluding carboxylic acids is 1. The van der Waals surface area contributed by atoms with Gasteiger partial charge in [-0.2, -0.15) is 0 Å². The first kappa shape index (κ1) is 24.3. The van der Waals surface area contributed by atoms with Crippen molar-refractivity contribution in [1.82, 2.24) is 16.0 Å². The van der Waals surface area contributed by atoms with Crippen LogP contribution in [-0.4, -0.2) is 44.7 Å². The first-order valence-electron chi connectivity index (χ1n) is 10.8. The fourth-order valence-electron chi connectivity index (χ4n) is 2.91. The number of nitrogens with zero attached hydrogens (tertiary/aromatic N) is 1. The van der Waals surface area contributed by atoms with Crippen LogP contribution in [0.1, 0.15) is 37.5 Å². The number of hydrogen-bond acceptors (Lipinski definition) is 3. The Bertz CT molecular complexity index is 797. The van der Waals surface area contributed by atoms with E-state index in [0.717, 1.165) is 18.5 Å². The summed E-state index contributed by atoms with van der Waals surface area (Å²) in [5.74, 6) is 0.312. The van der Waals surface area contributed by atoms with Gasteiger partial charge in [0.2, 0.25) is 5.91 Å². The van der Waals surface area contributed by atoms with Crippen LogP contribution in [0.25, 0.3) is 0 Å². The lowest BCUT2D eigenvalue weighted by Gasteiger charge is -2.14. The predicted octanol–water partition coefficient (Wildman–Crippen LogP) is 3.21. The Labute approximate surface area is 184 Å². The van der Waals surface area contributed by atoms with Gasteiger partial charge in [0.1, 0.15) is 5.82 Å². The number of guanidine groups is 1. The van der Waals surface area contributed by atoms with E-state index in [1.165, 1.54) is 17.7 Å². The van der Waals surface area contributed by atoms with Gasteiger partial charge in [-0.1, -0.05) is 42.5 Å². The molecule has 2 rings (SSSR count). The zero-order chi connectivity index (χ0) is 22.3. The van der Waals surface area contributed by atoms with Crippen molar-refractivity contribution in [2.75, 3.05) is 32.8 Å². The van der Waals surface area contributed by atoms with Gasteiger partial charge in [0.25, 0.3) is 0 Å². The summed E-state index contributed by atoms with van der Waals surface area (Å²) in [6.45, 7) is 7.13. The second-order valence-electron chi connectivity index (χ2n) is 7.12. The summed E-state index contributed by atoms with van der Waals surface area (Å²) >= 11 is 0. The number of halogens is 1. The molecule has 0 radical (unpaired) electrons. The number of amides is 1. The molecular weight excluding hydrogens is 395 g/mol. The molecule has 2 aromatic rings.